The van der Waals surface area contributed by atoms with Gasteiger partial charge in [0.15, 0.2) is 0 Å². The van der Waals surface area contributed by atoms with Gasteiger partial charge >= 0.3 is 0 Å². The summed E-state index contributed by atoms with van der Waals surface area (Å²) in [7, 11) is 1.62. The van der Waals surface area contributed by atoms with E-state index in [4.69, 9.17) is 21.3 Å². The van der Waals surface area contributed by atoms with E-state index in [9.17, 15) is 0 Å². The fraction of sp³-hybridized carbons (Fsp3) is 0.200. The minimum atomic E-state index is 0.0842. The van der Waals surface area contributed by atoms with Crippen LogP contribution in [0.15, 0.2) is 36.4 Å². The van der Waals surface area contributed by atoms with Gasteiger partial charge in [-0.1, -0.05) is 12.1 Å². The maximum absolute atomic E-state index is 9.03. The topological polar surface area (TPSA) is 81.5 Å². The molecular formula is C15H18N2O2. The van der Waals surface area contributed by atoms with E-state index in [1.54, 1.807) is 13.2 Å². The molecule has 0 radical (unpaired) electrons. The highest BCUT2D eigenvalue weighted by Gasteiger charge is 2.09. The van der Waals surface area contributed by atoms with E-state index in [1.807, 2.05) is 30.3 Å². The lowest BCUT2D eigenvalue weighted by Gasteiger charge is -2.12. The third kappa shape index (κ3) is 2.80. The summed E-state index contributed by atoms with van der Waals surface area (Å²) in [6, 6.07) is 11.4. The summed E-state index contributed by atoms with van der Waals surface area (Å²) >= 11 is 0. The highest BCUT2D eigenvalue weighted by atomic mass is 16.5. The molecule has 0 unspecified atom stereocenters. The predicted molar refractivity (Wildman–Crippen MR) is 78.0 cm³/mol. The van der Waals surface area contributed by atoms with Gasteiger partial charge in [-0.15, -0.1) is 0 Å². The van der Waals surface area contributed by atoms with Gasteiger partial charge in [-0.05, 0) is 41.8 Å². The summed E-state index contributed by atoms with van der Waals surface area (Å²) < 4.78 is 5.21. The minimum absolute atomic E-state index is 0.0842. The summed E-state index contributed by atoms with van der Waals surface area (Å²) in [6.45, 7) is 0.0842. The van der Waals surface area contributed by atoms with E-state index < -0.39 is 0 Å². The third-order valence-corrected chi connectivity index (χ3v) is 3.05. The van der Waals surface area contributed by atoms with Crippen molar-refractivity contribution < 1.29 is 9.84 Å². The molecule has 0 aliphatic heterocycles. The number of hydrogen-bond acceptors (Lipinski definition) is 4. The largest absolute Gasteiger partial charge is 0.497 e. The Morgan fingerprint density at radius 1 is 1.16 bits per heavy atom. The number of aliphatic hydroxyl groups is 1. The third-order valence-electron chi connectivity index (χ3n) is 3.05. The Morgan fingerprint density at radius 3 is 2.63 bits per heavy atom. The predicted octanol–water partition coefficient (Wildman–Crippen LogP) is 2.06. The van der Waals surface area contributed by atoms with Crippen molar-refractivity contribution in [2.45, 2.75) is 6.42 Å². The SMILES string of the molecule is COc1cccc(-c2cc(CCO)cc(N)c2N)c1. The number of rotatable bonds is 4. The van der Waals surface area contributed by atoms with Gasteiger partial charge in [0, 0.05) is 12.2 Å². The first-order valence-electron chi connectivity index (χ1n) is 6.09. The van der Waals surface area contributed by atoms with Crippen molar-refractivity contribution in [2.24, 2.45) is 0 Å². The van der Waals surface area contributed by atoms with Crippen LogP contribution in [0.4, 0.5) is 11.4 Å². The smallest absolute Gasteiger partial charge is 0.119 e. The molecular weight excluding hydrogens is 240 g/mol. The average Bonchev–Trinajstić information content (AvgIpc) is 2.43. The molecule has 0 atom stereocenters. The molecule has 0 saturated carbocycles. The van der Waals surface area contributed by atoms with Gasteiger partial charge in [-0.3, -0.25) is 0 Å². The van der Waals surface area contributed by atoms with Gasteiger partial charge < -0.3 is 21.3 Å². The van der Waals surface area contributed by atoms with Crippen molar-refractivity contribution >= 4 is 11.4 Å². The molecule has 2 aromatic carbocycles. The lowest BCUT2D eigenvalue weighted by molar-refractivity contribution is 0.299. The minimum Gasteiger partial charge on any atom is -0.497 e. The summed E-state index contributed by atoms with van der Waals surface area (Å²) in [5.41, 5.74) is 15.8. The molecule has 2 rings (SSSR count). The fourth-order valence-corrected chi connectivity index (χ4v) is 2.04. The monoisotopic (exact) mass is 258 g/mol. The first kappa shape index (κ1) is 13.2. The van der Waals surface area contributed by atoms with E-state index in [0.717, 1.165) is 22.4 Å². The zero-order chi connectivity index (χ0) is 13.8. The fourth-order valence-electron chi connectivity index (χ4n) is 2.04. The van der Waals surface area contributed by atoms with Crippen LogP contribution < -0.4 is 16.2 Å². The second kappa shape index (κ2) is 5.63. The van der Waals surface area contributed by atoms with Gasteiger partial charge in [0.1, 0.15) is 5.75 Å². The van der Waals surface area contributed by atoms with Crippen LogP contribution in [0.2, 0.25) is 0 Å². The second-order valence-corrected chi connectivity index (χ2v) is 4.35. The van der Waals surface area contributed by atoms with Crippen molar-refractivity contribution in [1.29, 1.82) is 0 Å². The van der Waals surface area contributed by atoms with Crippen molar-refractivity contribution in [2.75, 3.05) is 25.2 Å². The Kier molecular flexibility index (Phi) is 3.92. The van der Waals surface area contributed by atoms with Crippen LogP contribution >= 0.6 is 0 Å². The van der Waals surface area contributed by atoms with Crippen molar-refractivity contribution in [3.8, 4) is 16.9 Å². The normalized spacial score (nSPS) is 10.4. The van der Waals surface area contributed by atoms with Crippen molar-refractivity contribution in [3.63, 3.8) is 0 Å². The number of nitrogens with two attached hydrogens (primary N) is 2. The van der Waals surface area contributed by atoms with Gasteiger partial charge in [0.05, 0.1) is 18.5 Å². The van der Waals surface area contributed by atoms with Gasteiger partial charge in [0.2, 0.25) is 0 Å². The summed E-state index contributed by atoms with van der Waals surface area (Å²) in [4.78, 5) is 0. The second-order valence-electron chi connectivity index (χ2n) is 4.35. The van der Waals surface area contributed by atoms with E-state index in [1.165, 1.54) is 0 Å². The number of ether oxygens (including phenoxy) is 1. The Morgan fingerprint density at radius 2 is 1.95 bits per heavy atom. The Labute approximate surface area is 112 Å². The van der Waals surface area contributed by atoms with E-state index in [-0.39, 0.29) is 6.61 Å². The zero-order valence-electron chi connectivity index (χ0n) is 10.9. The highest BCUT2D eigenvalue weighted by Crippen LogP contribution is 2.33. The Bertz CT molecular complexity index is 582. The number of benzene rings is 2. The molecule has 4 nitrogen and oxygen atoms in total. The van der Waals surface area contributed by atoms with E-state index in [2.05, 4.69) is 0 Å². The summed E-state index contributed by atoms with van der Waals surface area (Å²) in [6.07, 6.45) is 0.557. The van der Waals surface area contributed by atoms with Gasteiger partial charge in [-0.2, -0.15) is 0 Å². The van der Waals surface area contributed by atoms with Crippen molar-refractivity contribution in [3.05, 3.63) is 42.0 Å². The highest BCUT2D eigenvalue weighted by molar-refractivity contribution is 5.85. The maximum Gasteiger partial charge on any atom is 0.119 e. The first-order chi connectivity index (χ1) is 9.15. The quantitative estimate of drug-likeness (QED) is 0.733. The molecule has 0 aliphatic rings. The Balaban J connectivity index is 2.53. The number of nitrogen functional groups attached to an aromatic ring is 2. The molecule has 0 saturated heterocycles. The number of methoxy groups -OCH3 is 1. The van der Waals surface area contributed by atoms with Gasteiger partial charge in [0.25, 0.3) is 0 Å². The van der Waals surface area contributed by atoms with Crippen LogP contribution in [-0.2, 0) is 6.42 Å². The average molecular weight is 258 g/mol. The molecule has 4 heteroatoms. The molecule has 5 N–H and O–H groups in total. The number of hydrogen-bond donors (Lipinski definition) is 3. The molecule has 19 heavy (non-hydrogen) atoms. The maximum atomic E-state index is 9.03. The summed E-state index contributed by atoms with van der Waals surface area (Å²) in [5, 5.41) is 9.03. The molecule has 0 aromatic heterocycles. The van der Waals surface area contributed by atoms with Crippen LogP contribution in [0.5, 0.6) is 5.75 Å². The standard InChI is InChI=1S/C15H18N2O2/c1-19-12-4-2-3-11(9-12)13-7-10(5-6-18)8-14(16)15(13)17/h2-4,7-9,18H,5-6,16-17H2,1H3. The molecule has 0 fully saturated rings. The first-order valence-corrected chi connectivity index (χ1v) is 6.09. The number of aliphatic hydroxyl groups excluding tert-OH is 1. The molecule has 0 spiro atoms. The van der Waals surface area contributed by atoms with Crippen LogP contribution in [0.3, 0.4) is 0 Å². The Hall–Kier alpha value is -2.20. The lowest BCUT2D eigenvalue weighted by atomic mass is 9.98. The van der Waals surface area contributed by atoms with Crippen LogP contribution in [0.25, 0.3) is 11.1 Å². The zero-order valence-corrected chi connectivity index (χ0v) is 10.9. The molecule has 0 aliphatic carbocycles. The van der Waals surface area contributed by atoms with Crippen molar-refractivity contribution in [1.82, 2.24) is 0 Å². The van der Waals surface area contributed by atoms with Crippen LogP contribution in [0.1, 0.15) is 5.56 Å². The molecule has 0 bridgehead atoms. The van der Waals surface area contributed by atoms with Crippen LogP contribution in [0, 0.1) is 0 Å². The molecule has 2 aromatic rings. The molecule has 0 heterocycles. The number of anilines is 2. The van der Waals surface area contributed by atoms with E-state index >= 15 is 0 Å². The van der Waals surface area contributed by atoms with E-state index in [0.29, 0.717) is 17.8 Å². The van der Waals surface area contributed by atoms with Gasteiger partial charge in [-0.25, -0.2) is 0 Å². The van der Waals surface area contributed by atoms with Crippen LogP contribution in [-0.4, -0.2) is 18.8 Å². The summed E-state index contributed by atoms with van der Waals surface area (Å²) in [5.74, 6) is 0.767. The molecule has 100 valence electrons. The molecule has 0 amide bonds. The lowest BCUT2D eigenvalue weighted by Crippen LogP contribution is -2.01.